The minimum absolute atomic E-state index is 0.506. The number of nitrogens with zero attached hydrogens (tertiary/aromatic N) is 1. The third kappa shape index (κ3) is 3.35. The topological polar surface area (TPSA) is 42.4 Å². The summed E-state index contributed by atoms with van der Waals surface area (Å²) in [6.07, 6.45) is 0.941. The molecular formula is C13H11Cl2NO2. The Bertz CT molecular complexity index is 521. The van der Waals surface area contributed by atoms with E-state index in [9.17, 15) is 5.11 Å². The highest BCUT2D eigenvalue weighted by molar-refractivity contribution is 6.34. The van der Waals surface area contributed by atoms with Gasteiger partial charge in [0.25, 0.3) is 0 Å². The summed E-state index contributed by atoms with van der Waals surface area (Å²) in [6.45, 7) is 1.65. The van der Waals surface area contributed by atoms with E-state index in [1.807, 2.05) is 0 Å². The van der Waals surface area contributed by atoms with Crippen LogP contribution in [0.1, 0.15) is 18.7 Å². The zero-order chi connectivity index (χ0) is 13.1. The third-order valence-corrected chi connectivity index (χ3v) is 2.70. The first-order valence-electron chi connectivity index (χ1n) is 5.32. The number of aliphatic hydroxyl groups excluding tert-OH is 1. The van der Waals surface area contributed by atoms with Crippen molar-refractivity contribution in [1.82, 2.24) is 4.98 Å². The molecule has 2 aromatic rings. The normalized spacial score (nSPS) is 12.2. The van der Waals surface area contributed by atoms with Crippen molar-refractivity contribution >= 4 is 23.2 Å². The van der Waals surface area contributed by atoms with Crippen LogP contribution in [0.2, 0.25) is 10.0 Å². The average molecular weight is 284 g/mol. The van der Waals surface area contributed by atoms with Crippen molar-refractivity contribution in [2.45, 2.75) is 13.0 Å². The van der Waals surface area contributed by atoms with Crippen LogP contribution in [-0.4, -0.2) is 10.1 Å². The summed E-state index contributed by atoms with van der Waals surface area (Å²) < 4.78 is 5.56. The minimum Gasteiger partial charge on any atom is -0.456 e. The number of halogens is 2. The molecule has 0 amide bonds. The number of rotatable bonds is 3. The Labute approximate surface area is 115 Å². The average Bonchev–Trinajstić information content (AvgIpc) is 2.28. The van der Waals surface area contributed by atoms with Crippen molar-refractivity contribution in [2.75, 3.05) is 0 Å². The van der Waals surface area contributed by atoms with Gasteiger partial charge in [-0.2, -0.15) is 0 Å². The number of hydrogen-bond acceptors (Lipinski definition) is 3. The van der Waals surface area contributed by atoms with Gasteiger partial charge in [-0.15, -0.1) is 0 Å². The molecule has 5 heteroatoms. The van der Waals surface area contributed by atoms with Crippen LogP contribution in [0.4, 0.5) is 0 Å². The highest BCUT2D eigenvalue weighted by atomic mass is 35.5. The van der Waals surface area contributed by atoms with Gasteiger partial charge in [0.2, 0.25) is 0 Å². The van der Waals surface area contributed by atoms with Gasteiger partial charge in [-0.3, -0.25) is 4.98 Å². The number of ether oxygens (including phenoxy) is 1. The largest absolute Gasteiger partial charge is 0.456 e. The highest BCUT2D eigenvalue weighted by Gasteiger charge is 2.04. The first-order chi connectivity index (χ1) is 8.54. The van der Waals surface area contributed by atoms with E-state index in [1.54, 1.807) is 37.3 Å². The van der Waals surface area contributed by atoms with E-state index in [4.69, 9.17) is 27.9 Å². The Balaban J connectivity index is 2.18. The number of aliphatic hydroxyl groups is 1. The lowest BCUT2D eigenvalue weighted by molar-refractivity contribution is 0.194. The SMILES string of the molecule is C[C@H](O)c1ccc(Oc2cc(Cl)cc(Cl)c2)cn1. The van der Waals surface area contributed by atoms with Crippen LogP contribution < -0.4 is 4.74 Å². The van der Waals surface area contributed by atoms with Crippen LogP contribution in [0.5, 0.6) is 11.5 Å². The van der Waals surface area contributed by atoms with Crippen LogP contribution in [0, 0.1) is 0 Å². The molecule has 0 unspecified atom stereocenters. The van der Waals surface area contributed by atoms with Gasteiger partial charge in [0.05, 0.1) is 18.0 Å². The smallest absolute Gasteiger partial charge is 0.145 e. The van der Waals surface area contributed by atoms with Crippen LogP contribution >= 0.6 is 23.2 Å². The summed E-state index contributed by atoms with van der Waals surface area (Å²) in [5.74, 6) is 1.09. The minimum atomic E-state index is -0.598. The molecule has 18 heavy (non-hydrogen) atoms. The summed E-state index contributed by atoms with van der Waals surface area (Å²) >= 11 is 11.7. The standard InChI is InChI=1S/C13H11Cl2NO2/c1-8(17)13-3-2-11(7-16-13)18-12-5-9(14)4-10(15)6-12/h2-8,17H,1H3/t8-/m0/s1. The first-order valence-corrected chi connectivity index (χ1v) is 6.08. The number of aromatic nitrogens is 1. The molecule has 94 valence electrons. The molecule has 0 spiro atoms. The Kier molecular flexibility index (Phi) is 4.07. The second-order valence-electron chi connectivity index (χ2n) is 3.80. The number of hydrogen-bond donors (Lipinski definition) is 1. The van der Waals surface area contributed by atoms with Gasteiger partial charge in [0.1, 0.15) is 11.5 Å². The molecule has 1 N–H and O–H groups in total. The van der Waals surface area contributed by atoms with Crippen LogP contribution in [-0.2, 0) is 0 Å². The van der Waals surface area contributed by atoms with Crippen LogP contribution in [0.25, 0.3) is 0 Å². The highest BCUT2D eigenvalue weighted by Crippen LogP contribution is 2.28. The molecule has 0 radical (unpaired) electrons. The summed E-state index contributed by atoms with van der Waals surface area (Å²) in [4.78, 5) is 4.08. The molecule has 1 atom stereocenters. The fraction of sp³-hybridized carbons (Fsp3) is 0.154. The second kappa shape index (κ2) is 5.57. The molecule has 0 aliphatic carbocycles. The molecule has 0 saturated heterocycles. The van der Waals surface area contributed by atoms with E-state index in [2.05, 4.69) is 4.98 Å². The van der Waals surface area contributed by atoms with Gasteiger partial charge in [-0.05, 0) is 37.3 Å². The Morgan fingerprint density at radius 2 is 1.78 bits per heavy atom. The van der Waals surface area contributed by atoms with Crippen molar-refractivity contribution in [1.29, 1.82) is 0 Å². The monoisotopic (exact) mass is 283 g/mol. The van der Waals surface area contributed by atoms with E-state index in [0.717, 1.165) is 0 Å². The summed E-state index contributed by atoms with van der Waals surface area (Å²) in [5, 5.41) is 10.4. The fourth-order valence-corrected chi connectivity index (χ4v) is 1.93. The molecule has 0 bridgehead atoms. The lowest BCUT2D eigenvalue weighted by atomic mass is 10.2. The van der Waals surface area contributed by atoms with Gasteiger partial charge in [-0.25, -0.2) is 0 Å². The predicted octanol–water partition coefficient (Wildman–Crippen LogP) is 4.23. The molecule has 0 aliphatic rings. The van der Waals surface area contributed by atoms with Crippen LogP contribution in [0.3, 0.4) is 0 Å². The van der Waals surface area contributed by atoms with E-state index in [1.165, 1.54) is 6.20 Å². The van der Waals surface area contributed by atoms with E-state index < -0.39 is 6.10 Å². The fourth-order valence-electron chi connectivity index (χ4n) is 1.42. The predicted molar refractivity (Wildman–Crippen MR) is 71.4 cm³/mol. The van der Waals surface area contributed by atoms with Crippen LogP contribution in [0.15, 0.2) is 36.5 Å². The molecule has 0 aliphatic heterocycles. The van der Waals surface area contributed by atoms with Gasteiger partial charge >= 0.3 is 0 Å². The van der Waals surface area contributed by atoms with Crippen molar-refractivity contribution in [3.05, 3.63) is 52.3 Å². The molecule has 3 nitrogen and oxygen atoms in total. The van der Waals surface area contributed by atoms with Crippen molar-refractivity contribution in [3.63, 3.8) is 0 Å². The van der Waals surface area contributed by atoms with E-state index in [-0.39, 0.29) is 0 Å². The zero-order valence-corrected chi connectivity index (χ0v) is 11.1. The molecule has 0 saturated carbocycles. The molecule has 2 rings (SSSR count). The summed E-state index contributed by atoms with van der Waals surface area (Å²) in [6, 6.07) is 8.38. The van der Waals surface area contributed by atoms with Crippen molar-refractivity contribution in [2.24, 2.45) is 0 Å². The van der Waals surface area contributed by atoms with Gasteiger partial charge in [-0.1, -0.05) is 23.2 Å². The van der Waals surface area contributed by atoms with E-state index in [0.29, 0.717) is 27.2 Å². The first kappa shape index (κ1) is 13.1. The number of pyridine rings is 1. The van der Waals surface area contributed by atoms with Crippen molar-refractivity contribution < 1.29 is 9.84 Å². The Morgan fingerprint density at radius 3 is 2.28 bits per heavy atom. The quantitative estimate of drug-likeness (QED) is 0.916. The maximum atomic E-state index is 9.34. The molecule has 0 fully saturated rings. The Hall–Kier alpha value is -1.29. The van der Waals surface area contributed by atoms with E-state index >= 15 is 0 Å². The maximum absolute atomic E-state index is 9.34. The summed E-state index contributed by atoms with van der Waals surface area (Å²) in [7, 11) is 0. The molecular weight excluding hydrogens is 273 g/mol. The van der Waals surface area contributed by atoms with Gasteiger partial charge < -0.3 is 9.84 Å². The number of benzene rings is 1. The van der Waals surface area contributed by atoms with Crippen molar-refractivity contribution in [3.8, 4) is 11.5 Å². The molecule has 1 aromatic carbocycles. The van der Waals surface area contributed by atoms with Gasteiger partial charge in [0, 0.05) is 10.0 Å². The zero-order valence-electron chi connectivity index (χ0n) is 9.60. The molecule has 1 heterocycles. The maximum Gasteiger partial charge on any atom is 0.145 e. The lowest BCUT2D eigenvalue weighted by Crippen LogP contribution is -1.95. The third-order valence-electron chi connectivity index (χ3n) is 2.26. The summed E-state index contributed by atoms with van der Waals surface area (Å²) in [5.41, 5.74) is 0.589. The molecule has 1 aromatic heterocycles. The van der Waals surface area contributed by atoms with Gasteiger partial charge in [0.15, 0.2) is 0 Å². The lowest BCUT2D eigenvalue weighted by Gasteiger charge is -2.08. The second-order valence-corrected chi connectivity index (χ2v) is 4.67. The Morgan fingerprint density at radius 1 is 1.11 bits per heavy atom.